The maximum atomic E-state index is 11.9. The number of carboxylic acid groups (broad SMARTS) is 1. The molecular formula is C13H22N2O5. The van der Waals surface area contributed by atoms with Gasteiger partial charge in [-0.25, -0.2) is 0 Å². The Hall–Kier alpha value is -1.63. The van der Waals surface area contributed by atoms with Gasteiger partial charge in [-0.05, 0) is 20.8 Å². The quantitative estimate of drug-likeness (QED) is 0.615. The second-order valence-electron chi connectivity index (χ2n) is 5.83. The number of likely N-dealkylation sites (tertiary alicyclic amines) is 1. The summed E-state index contributed by atoms with van der Waals surface area (Å²) >= 11 is 0. The molecule has 1 fully saturated rings. The van der Waals surface area contributed by atoms with Crippen molar-refractivity contribution in [1.29, 1.82) is 0 Å². The standard InChI is InChI=1S/C13H22N2O5/c1-8(2)15-6-9(4-10(15)16)12(19)14-7-13(3,20)5-11(17)18/h8-9,20H,4-7H2,1-3H3,(H,14,19)(H,17,18). The molecule has 0 radical (unpaired) electrons. The fraction of sp³-hybridized carbons (Fsp3) is 0.769. The number of carboxylic acids is 1. The van der Waals surface area contributed by atoms with Gasteiger partial charge >= 0.3 is 5.97 Å². The lowest BCUT2D eigenvalue weighted by Crippen LogP contribution is -2.44. The highest BCUT2D eigenvalue weighted by molar-refractivity contribution is 5.89. The predicted molar refractivity (Wildman–Crippen MR) is 70.8 cm³/mol. The van der Waals surface area contributed by atoms with Crippen molar-refractivity contribution in [2.45, 2.75) is 45.3 Å². The highest BCUT2D eigenvalue weighted by atomic mass is 16.4. The van der Waals surface area contributed by atoms with Crippen molar-refractivity contribution < 1.29 is 24.6 Å². The van der Waals surface area contributed by atoms with Crippen molar-refractivity contribution in [1.82, 2.24) is 10.2 Å². The average molecular weight is 286 g/mol. The number of aliphatic carboxylic acids is 1. The van der Waals surface area contributed by atoms with Crippen LogP contribution in [0.25, 0.3) is 0 Å². The summed E-state index contributed by atoms with van der Waals surface area (Å²) in [5, 5.41) is 20.9. The van der Waals surface area contributed by atoms with Crippen LogP contribution >= 0.6 is 0 Å². The summed E-state index contributed by atoms with van der Waals surface area (Å²) in [6.45, 7) is 5.33. The highest BCUT2D eigenvalue weighted by Gasteiger charge is 2.36. The number of nitrogens with zero attached hydrogens (tertiary/aromatic N) is 1. The van der Waals surface area contributed by atoms with Crippen molar-refractivity contribution in [3.8, 4) is 0 Å². The number of hydrogen-bond acceptors (Lipinski definition) is 4. The predicted octanol–water partition coefficient (Wildman–Crippen LogP) is -0.415. The van der Waals surface area contributed by atoms with Gasteiger partial charge in [0.05, 0.1) is 17.9 Å². The molecule has 0 bridgehead atoms. The Balaban J connectivity index is 2.49. The fourth-order valence-electron chi connectivity index (χ4n) is 2.22. The van der Waals surface area contributed by atoms with Crippen molar-refractivity contribution in [3.05, 3.63) is 0 Å². The maximum Gasteiger partial charge on any atom is 0.306 e. The van der Waals surface area contributed by atoms with E-state index in [-0.39, 0.29) is 30.8 Å². The number of hydrogen-bond donors (Lipinski definition) is 3. The Bertz CT molecular complexity index is 406. The van der Waals surface area contributed by atoms with Crippen LogP contribution in [0.5, 0.6) is 0 Å². The molecule has 1 rings (SSSR count). The van der Waals surface area contributed by atoms with E-state index >= 15 is 0 Å². The minimum Gasteiger partial charge on any atom is -0.481 e. The molecule has 0 aromatic rings. The summed E-state index contributed by atoms with van der Waals surface area (Å²) in [7, 11) is 0. The number of carbonyl (C=O) groups excluding carboxylic acids is 2. The molecule has 0 aromatic carbocycles. The molecule has 0 saturated carbocycles. The molecule has 1 heterocycles. The highest BCUT2D eigenvalue weighted by Crippen LogP contribution is 2.20. The van der Waals surface area contributed by atoms with E-state index in [9.17, 15) is 19.5 Å². The number of carbonyl (C=O) groups is 3. The van der Waals surface area contributed by atoms with Crippen molar-refractivity contribution in [2.24, 2.45) is 5.92 Å². The molecule has 114 valence electrons. The van der Waals surface area contributed by atoms with Gasteiger partial charge in [0.1, 0.15) is 0 Å². The van der Waals surface area contributed by atoms with Crippen LogP contribution in [0.1, 0.15) is 33.6 Å². The summed E-state index contributed by atoms with van der Waals surface area (Å²) < 4.78 is 0. The first-order valence-electron chi connectivity index (χ1n) is 6.64. The zero-order chi connectivity index (χ0) is 15.5. The first kappa shape index (κ1) is 16.4. The molecule has 2 unspecified atom stereocenters. The van der Waals surface area contributed by atoms with Crippen molar-refractivity contribution in [2.75, 3.05) is 13.1 Å². The van der Waals surface area contributed by atoms with Crippen LogP contribution in [0.2, 0.25) is 0 Å². The molecule has 0 aromatic heterocycles. The van der Waals surface area contributed by atoms with Gasteiger partial charge in [-0.15, -0.1) is 0 Å². The van der Waals surface area contributed by atoms with Gasteiger partial charge < -0.3 is 20.4 Å². The molecule has 1 aliphatic rings. The van der Waals surface area contributed by atoms with Crippen LogP contribution in [-0.2, 0) is 14.4 Å². The topological polar surface area (TPSA) is 107 Å². The second kappa shape index (κ2) is 6.21. The summed E-state index contributed by atoms with van der Waals surface area (Å²) in [5.74, 6) is -1.96. The Labute approximate surface area is 117 Å². The third-order valence-electron chi connectivity index (χ3n) is 3.33. The average Bonchev–Trinajstić information content (AvgIpc) is 2.66. The van der Waals surface area contributed by atoms with Crippen molar-refractivity contribution in [3.63, 3.8) is 0 Å². The van der Waals surface area contributed by atoms with E-state index in [0.29, 0.717) is 6.54 Å². The SMILES string of the molecule is CC(C)N1CC(C(=O)NCC(C)(O)CC(=O)O)CC1=O. The van der Waals surface area contributed by atoms with E-state index in [4.69, 9.17) is 5.11 Å². The second-order valence-corrected chi connectivity index (χ2v) is 5.83. The number of amides is 2. The first-order chi connectivity index (χ1) is 9.12. The van der Waals surface area contributed by atoms with Gasteiger partial charge in [-0.3, -0.25) is 14.4 Å². The molecule has 2 amide bonds. The van der Waals surface area contributed by atoms with E-state index in [0.717, 1.165) is 0 Å². The Kier molecular flexibility index (Phi) is 5.10. The molecule has 2 atom stereocenters. The molecular weight excluding hydrogens is 264 g/mol. The van der Waals surface area contributed by atoms with Gasteiger partial charge in [0.2, 0.25) is 11.8 Å². The fourth-order valence-corrected chi connectivity index (χ4v) is 2.22. The lowest BCUT2D eigenvalue weighted by atomic mass is 10.0. The molecule has 1 saturated heterocycles. The van der Waals surface area contributed by atoms with Gasteiger partial charge in [-0.2, -0.15) is 0 Å². The maximum absolute atomic E-state index is 11.9. The minimum atomic E-state index is -1.50. The molecule has 1 aliphatic heterocycles. The normalized spacial score (nSPS) is 21.9. The lowest BCUT2D eigenvalue weighted by molar-refractivity contribution is -0.142. The van der Waals surface area contributed by atoms with Gasteiger partial charge in [0.25, 0.3) is 0 Å². The number of aliphatic hydroxyl groups is 1. The van der Waals surface area contributed by atoms with Crippen LogP contribution in [0.3, 0.4) is 0 Å². The van der Waals surface area contributed by atoms with Crippen LogP contribution in [0.4, 0.5) is 0 Å². The zero-order valence-corrected chi connectivity index (χ0v) is 12.0. The molecule has 7 heteroatoms. The van der Waals surface area contributed by atoms with Gasteiger partial charge in [0.15, 0.2) is 0 Å². The van der Waals surface area contributed by atoms with E-state index in [1.54, 1.807) is 4.90 Å². The lowest BCUT2D eigenvalue weighted by Gasteiger charge is -2.23. The smallest absolute Gasteiger partial charge is 0.306 e. The molecule has 3 N–H and O–H groups in total. The monoisotopic (exact) mass is 286 g/mol. The number of rotatable bonds is 6. The van der Waals surface area contributed by atoms with Crippen LogP contribution in [0, 0.1) is 5.92 Å². The van der Waals surface area contributed by atoms with E-state index in [1.807, 2.05) is 13.8 Å². The van der Waals surface area contributed by atoms with E-state index in [1.165, 1.54) is 6.92 Å². The van der Waals surface area contributed by atoms with Gasteiger partial charge in [0, 0.05) is 25.6 Å². The van der Waals surface area contributed by atoms with Crippen LogP contribution < -0.4 is 5.32 Å². The van der Waals surface area contributed by atoms with E-state index < -0.39 is 23.9 Å². The molecule has 20 heavy (non-hydrogen) atoms. The summed E-state index contributed by atoms with van der Waals surface area (Å²) in [6, 6.07) is 0.0513. The number of nitrogens with one attached hydrogen (secondary N) is 1. The van der Waals surface area contributed by atoms with Crippen LogP contribution in [0.15, 0.2) is 0 Å². The zero-order valence-electron chi connectivity index (χ0n) is 12.0. The van der Waals surface area contributed by atoms with Crippen molar-refractivity contribution >= 4 is 17.8 Å². The molecule has 0 spiro atoms. The molecule has 0 aliphatic carbocycles. The Morgan fingerprint density at radius 2 is 2.10 bits per heavy atom. The largest absolute Gasteiger partial charge is 0.481 e. The third-order valence-corrected chi connectivity index (χ3v) is 3.33. The van der Waals surface area contributed by atoms with Crippen LogP contribution in [-0.4, -0.2) is 57.6 Å². The molecule has 7 nitrogen and oxygen atoms in total. The first-order valence-corrected chi connectivity index (χ1v) is 6.64. The summed E-state index contributed by atoms with van der Waals surface area (Å²) in [4.78, 5) is 35.8. The third kappa shape index (κ3) is 4.48. The Morgan fingerprint density at radius 3 is 2.55 bits per heavy atom. The minimum absolute atomic E-state index is 0.0513. The van der Waals surface area contributed by atoms with E-state index in [2.05, 4.69) is 5.32 Å². The summed E-state index contributed by atoms with van der Waals surface area (Å²) in [5.41, 5.74) is -1.50. The van der Waals surface area contributed by atoms with Gasteiger partial charge in [-0.1, -0.05) is 0 Å². The summed E-state index contributed by atoms with van der Waals surface area (Å²) in [6.07, 6.45) is -0.292. The Morgan fingerprint density at radius 1 is 1.50 bits per heavy atom.